The highest BCUT2D eigenvalue weighted by molar-refractivity contribution is 6.10. The average molecular weight is 256 g/mol. The number of rotatable bonds is 7. The lowest BCUT2D eigenvalue weighted by atomic mass is 10.0. The summed E-state index contributed by atoms with van der Waals surface area (Å²) in [5.74, 6) is -0.918. The number of amides is 2. The van der Waals surface area contributed by atoms with Gasteiger partial charge in [0.15, 0.2) is 5.84 Å². The molecule has 0 unspecified atom stereocenters. The van der Waals surface area contributed by atoms with Gasteiger partial charge in [-0.2, -0.15) is 0 Å². The Labute approximate surface area is 106 Å². The molecular weight excluding hydrogens is 236 g/mol. The molecule has 1 aliphatic carbocycles. The monoisotopic (exact) mass is 256 g/mol. The summed E-state index contributed by atoms with van der Waals surface area (Å²) >= 11 is 0. The lowest BCUT2D eigenvalue weighted by molar-refractivity contribution is -0.138. The quantitative estimate of drug-likeness (QED) is 0.249. The Balaban J connectivity index is 2.79. The zero-order chi connectivity index (χ0) is 13.8. The molecule has 18 heavy (non-hydrogen) atoms. The molecule has 1 aliphatic rings. The summed E-state index contributed by atoms with van der Waals surface area (Å²) in [6.07, 6.45) is 2.77. The number of nitrogens with zero attached hydrogens (tertiary/aromatic N) is 2. The van der Waals surface area contributed by atoms with Gasteiger partial charge in [0.25, 0.3) is 0 Å². The van der Waals surface area contributed by atoms with Crippen LogP contribution in [-0.4, -0.2) is 40.8 Å². The first-order chi connectivity index (χ1) is 8.47. The SMILES string of the molecule is CCCCN(CC(N)=O)C(=O)C1(C(N)=NO)CC1. The predicted octanol–water partition coefficient (Wildman–Crippen LogP) is -0.373. The third-order valence-electron chi connectivity index (χ3n) is 3.17. The molecule has 1 saturated carbocycles. The zero-order valence-corrected chi connectivity index (χ0v) is 10.6. The normalized spacial score (nSPS) is 17.3. The van der Waals surface area contributed by atoms with Crippen LogP contribution in [0.4, 0.5) is 0 Å². The van der Waals surface area contributed by atoms with E-state index in [4.69, 9.17) is 16.7 Å². The van der Waals surface area contributed by atoms with Crippen molar-refractivity contribution in [2.24, 2.45) is 22.0 Å². The molecule has 0 aliphatic heterocycles. The maximum Gasteiger partial charge on any atom is 0.237 e. The summed E-state index contributed by atoms with van der Waals surface area (Å²) in [7, 11) is 0. The zero-order valence-electron chi connectivity index (χ0n) is 10.6. The van der Waals surface area contributed by atoms with Crippen molar-refractivity contribution in [3.05, 3.63) is 0 Å². The van der Waals surface area contributed by atoms with E-state index < -0.39 is 11.3 Å². The van der Waals surface area contributed by atoms with Gasteiger partial charge in [-0.25, -0.2) is 0 Å². The highest BCUT2D eigenvalue weighted by Gasteiger charge is 2.55. The van der Waals surface area contributed by atoms with Crippen molar-refractivity contribution < 1.29 is 14.8 Å². The molecule has 0 bridgehead atoms. The minimum absolute atomic E-state index is 0.0848. The number of primary amides is 1. The van der Waals surface area contributed by atoms with Gasteiger partial charge in [0, 0.05) is 6.54 Å². The van der Waals surface area contributed by atoms with Crippen molar-refractivity contribution in [2.75, 3.05) is 13.1 Å². The van der Waals surface area contributed by atoms with Gasteiger partial charge in [-0.3, -0.25) is 9.59 Å². The molecule has 5 N–H and O–H groups in total. The van der Waals surface area contributed by atoms with Crippen molar-refractivity contribution in [1.29, 1.82) is 0 Å². The van der Waals surface area contributed by atoms with Crippen LogP contribution in [0.3, 0.4) is 0 Å². The van der Waals surface area contributed by atoms with Crippen molar-refractivity contribution >= 4 is 17.6 Å². The fourth-order valence-electron chi connectivity index (χ4n) is 1.89. The van der Waals surface area contributed by atoms with Crippen LogP contribution in [0.2, 0.25) is 0 Å². The van der Waals surface area contributed by atoms with Crippen LogP contribution in [0.5, 0.6) is 0 Å². The minimum Gasteiger partial charge on any atom is -0.409 e. The van der Waals surface area contributed by atoms with E-state index in [1.165, 1.54) is 4.90 Å². The molecule has 7 nitrogen and oxygen atoms in total. The van der Waals surface area contributed by atoms with Crippen LogP contribution in [-0.2, 0) is 9.59 Å². The van der Waals surface area contributed by atoms with E-state index in [2.05, 4.69) is 5.16 Å². The predicted molar refractivity (Wildman–Crippen MR) is 65.8 cm³/mol. The van der Waals surface area contributed by atoms with Crippen molar-refractivity contribution in [2.45, 2.75) is 32.6 Å². The largest absolute Gasteiger partial charge is 0.409 e. The van der Waals surface area contributed by atoms with Gasteiger partial charge < -0.3 is 21.6 Å². The Morgan fingerprint density at radius 2 is 2.00 bits per heavy atom. The highest BCUT2D eigenvalue weighted by atomic mass is 16.4. The topological polar surface area (TPSA) is 122 Å². The van der Waals surface area contributed by atoms with Gasteiger partial charge in [-0.15, -0.1) is 0 Å². The summed E-state index contributed by atoms with van der Waals surface area (Å²) < 4.78 is 0. The molecule has 0 saturated heterocycles. The van der Waals surface area contributed by atoms with Crippen LogP contribution in [0.1, 0.15) is 32.6 Å². The molecular formula is C11H20N4O3. The Kier molecular flexibility index (Phi) is 4.52. The molecule has 0 aromatic carbocycles. The smallest absolute Gasteiger partial charge is 0.237 e. The fourth-order valence-corrected chi connectivity index (χ4v) is 1.89. The fraction of sp³-hybridized carbons (Fsp3) is 0.727. The lowest BCUT2D eigenvalue weighted by Gasteiger charge is -2.25. The van der Waals surface area contributed by atoms with E-state index in [9.17, 15) is 9.59 Å². The summed E-state index contributed by atoms with van der Waals surface area (Å²) in [6, 6.07) is 0. The number of carbonyl (C=O) groups excluding carboxylic acids is 2. The highest BCUT2D eigenvalue weighted by Crippen LogP contribution is 2.47. The van der Waals surface area contributed by atoms with Gasteiger partial charge in [-0.05, 0) is 19.3 Å². The Morgan fingerprint density at radius 3 is 2.39 bits per heavy atom. The van der Waals surface area contributed by atoms with Crippen molar-refractivity contribution in [3.63, 3.8) is 0 Å². The minimum atomic E-state index is -0.919. The number of carbonyl (C=O) groups is 2. The van der Waals surface area contributed by atoms with E-state index in [-0.39, 0.29) is 18.3 Å². The first kappa shape index (κ1) is 14.3. The molecule has 0 spiro atoms. The number of oxime groups is 1. The van der Waals surface area contributed by atoms with Crippen molar-refractivity contribution in [1.82, 2.24) is 4.90 Å². The van der Waals surface area contributed by atoms with Gasteiger partial charge in [0.2, 0.25) is 11.8 Å². The maximum absolute atomic E-state index is 12.3. The number of nitrogens with two attached hydrogens (primary N) is 2. The van der Waals surface area contributed by atoms with Crippen molar-refractivity contribution in [3.8, 4) is 0 Å². The van der Waals surface area contributed by atoms with Crippen LogP contribution >= 0.6 is 0 Å². The molecule has 102 valence electrons. The van der Waals surface area contributed by atoms with E-state index in [0.29, 0.717) is 19.4 Å². The second-order valence-corrected chi connectivity index (χ2v) is 4.61. The number of hydrogen-bond acceptors (Lipinski definition) is 4. The second-order valence-electron chi connectivity index (χ2n) is 4.61. The van der Waals surface area contributed by atoms with Crippen LogP contribution in [0.15, 0.2) is 5.16 Å². The number of unbranched alkanes of at least 4 members (excludes halogenated alkanes) is 1. The Morgan fingerprint density at radius 1 is 1.39 bits per heavy atom. The molecule has 0 heterocycles. The Bertz CT molecular complexity index is 363. The second kappa shape index (κ2) is 5.70. The molecule has 1 rings (SSSR count). The van der Waals surface area contributed by atoms with Gasteiger partial charge in [-0.1, -0.05) is 18.5 Å². The summed E-state index contributed by atoms with van der Waals surface area (Å²) in [4.78, 5) is 24.7. The number of hydrogen-bond donors (Lipinski definition) is 3. The third-order valence-corrected chi connectivity index (χ3v) is 3.17. The summed E-state index contributed by atoms with van der Waals surface area (Å²) in [5.41, 5.74) is 9.76. The molecule has 0 aromatic rings. The summed E-state index contributed by atoms with van der Waals surface area (Å²) in [5, 5.41) is 11.6. The number of amidine groups is 1. The van der Waals surface area contributed by atoms with E-state index in [1.807, 2.05) is 6.92 Å². The molecule has 7 heteroatoms. The first-order valence-electron chi connectivity index (χ1n) is 6.03. The van der Waals surface area contributed by atoms with Crippen LogP contribution in [0, 0.1) is 5.41 Å². The standard InChI is InChI=1S/C11H20N4O3/c1-2-3-6-15(7-8(12)16)10(17)11(4-5-11)9(13)14-18/h18H,2-7H2,1H3,(H2,12,16)(H2,13,14). The molecule has 0 radical (unpaired) electrons. The Hall–Kier alpha value is -1.79. The van der Waals surface area contributed by atoms with Crippen LogP contribution in [0.25, 0.3) is 0 Å². The third kappa shape index (κ3) is 2.91. The average Bonchev–Trinajstić information content (AvgIpc) is 3.13. The first-order valence-corrected chi connectivity index (χ1v) is 6.03. The maximum atomic E-state index is 12.3. The van der Waals surface area contributed by atoms with Gasteiger partial charge in [0.05, 0.1) is 6.54 Å². The van der Waals surface area contributed by atoms with E-state index in [0.717, 1.165) is 12.8 Å². The molecule has 1 fully saturated rings. The van der Waals surface area contributed by atoms with Gasteiger partial charge >= 0.3 is 0 Å². The molecule has 2 amide bonds. The molecule has 0 aromatic heterocycles. The van der Waals surface area contributed by atoms with E-state index in [1.54, 1.807) is 0 Å². The summed E-state index contributed by atoms with van der Waals surface area (Å²) in [6.45, 7) is 2.32. The lowest BCUT2D eigenvalue weighted by Crippen LogP contribution is -2.47. The van der Waals surface area contributed by atoms with E-state index >= 15 is 0 Å². The van der Waals surface area contributed by atoms with Gasteiger partial charge in [0.1, 0.15) is 5.41 Å². The van der Waals surface area contributed by atoms with Crippen LogP contribution < -0.4 is 11.5 Å². The molecule has 0 atom stereocenters.